The number of carbonyl (C=O) groups excluding carboxylic acids is 1. The molecule has 6 nitrogen and oxygen atoms in total. The number of hydrogen-bond donors (Lipinski definition) is 1. The Morgan fingerprint density at radius 1 is 1.15 bits per heavy atom. The monoisotopic (exact) mass is 382 g/mol. The van der Waals surface area contributed by atoms with E-state index < -0.39 is 0 Å². The number of aromatic nitrogens is 2. The van der Waals surface area contributed by atoms with Crippen molar-refractivity contribution in [2.75, 3.05) is 13.1 Å². The van der Waals surface area contributed by atoms with Crippen LogP contribution in [-0.2, 0) is 13.1 Å². The number of nitrogens with zero attached hydrogens (tertiary/aromatic N) is 3. The van der Waals surface area contributed by atoms with E-state index in [1.165, 1.54) is 37.9 Å². The normalized spacial score (nSPS) is 15.0. The van der Waals surface area contributed by atoms with Crippen LogP contribution in [-0.4, -0.2) is 34.0 Å². The SMILES string of the molecule is O=C(NCc1nc(-c2cccs2)no1)c1ccc(CN2CCCCC2)cc1. The zero-order chi connectivity index (χ0) is 18.5. The lowest BCUT2D eigenvalue weighted by molar-refractivity contribution is 0.0946. The molecule has 1 aromatic carbocycles. The quantitative estimate of drug-likeness (QED) is 0.704. The molecule has 4 rings (SSSR count). The van der Waals surface area contributed by atoms with Crippen molar-refractivity contribution in [1.29, 1.82) is 0 Å². The summed E-state index contributed by atoms with van der Waals surface area (Å²) >= 11 is 1.55. The van der Waals surface area contributed by atoms with E-state index in [1.54, 1.807) is 11.3 Å². The maximum Gasteiger partial charge on any atom is 0.251 e. The molecular formula is C20H22N4O2S. The predicted octanol–water partition coefficient (Wildman–Crippen LogP) is 3.71. The number of benzene rings is 1. The Labute approximate surface area is 162 Å². The van der Waals surface area contributed by atoms with Crippen LogP contribution in [0.25, 0.3) is 10.7 Å². The third-order valence-electron chi connectivity index (χ3n) is 4.68. The number of nitrogens with one attached hydrogen (secondary N) is 1. The van der Waals surface area contributed by atoms with Crippen molar-refractivity contribution in [2.24, 2.45) is 0 Å². The van der Waals surface area contributed by atoms with Gasteiger partial charge in [0, 0.05) is 12.1 Å². The number of rotatable bonds is 6. The molecule has 7 heteroatoms. The largest absolute Gasteiger partial charge is 0.343 e. The van der Waals surface area contributed by atoms with Gasteiger partial charge in [-0.1, -0.05) is 29.8 Å². The molecule has 0 atom stereocenters. The van der Waals surface area contributed by atoms with Gasteiger partial charge in [0.2, 0.25) is 11.7 Å². The number of thiophene rings is 1. The molecule has 1 aliphatic heterocycles. The first-order valence-corrected chi connectivity index (χ1v) is 10.1. The maximum atomic E-state index is 12.3. The molecule has 0 aliphatic carbocycles. The van der Waals surface area contributed by atoms with E-state index in [1.807, 2.05) is 41.8 Å². The van der Waals surface area contributed by atoms with Crippen LogP contribution in [0.3, 0.4) is 0 Å². The molecule has 1 saturated heterocycles. The third kappa shape index (κ3) is 4.61. The molecule has 0 radical (unpaired) electrons. The van der Waals surface area contributed by atoms with Gasteiger partial charge in [-0.2, -0.15) is 4.98 Å². The molecule has 0 saturated carbocycles. The second-order valence-corrected chi connectivity index (χ2v) is 7.65. The van der Waals surface area contributed by atoms with E-state index in [-0.39, 0.29) is 12.5 Å². The summed E-state index contributed by atoms with van der Waals surface area (Å²) in [6, 6.07) is 11.7. The fourth-order valence-electron chi connectivity index (χ4n) is 3.23. The Balaban J connectivity index is 1.30. The van der Waals surface area contributed by atoms with Crippen LogP contribution in [0.1, 0.15) is 41.1 Å². The van der Waals surface area contributed by atoms with Crippen LogP contribution >= 0.6 is 11.3 Å². The Morgan fingerprint density at radius 2 is 1.96 bits per heavy atom. The van der Waals surface area contributed by atoms with Crippen LogP contribution in [0.15, 0.2) is 46.3 Å². The van der Waals surface area contributed by atoms with Gasteiger partial charge in [-0.15, -0.1) is 11.3 Å². The molecule has 140 valence electrons. The summed E-state index contributed by atoms with van der Waals surface area (Å²) in [6.07, 6.45) is 3.90. The highest BCUT2D eigenvalue weighted by Crippen LogP contribution is 2.21. The second kappa shape index (κ2) is 8.45. The van der Waals surface area contributed by atoms with Crippen LogP contribution < -0.4 is 5.32 Å². The van der Waals surface area contributed by atoms with Gasteiger partial charge in [-0.25, -0.2) is 0 Å². The minimum atomic E-state index is -0.143. The van der Waals surface area contributed by atoms with Crippen molar-refractivity contribution < 1.29 is 9.32 Å². The molecule has 1 aliphatic rings. The molecule has 3 heterocycles. The molecule has 1 amide bonds. The number of likely N-dealkylation sites (tertiary alicyclic amines) is 1. The maximum absolute atomic E-state index is 12.3. The Morgan fingerprint density at radius 3 is 2.70 bits per heavy atom. The molecule has 3 aromatic rings. The Kier molecular flexibility index (Phi) is 5.60. The topological polar surface area (TPSA) is 71.3 Å². The third-order valence-corrected chi connectivity index (χ3v) is 5.55. The molecule has 0 spiro atoms. The molecular weight excluding hydrogens is 360 g/mol. The van der Waals surface area contributed by atoms with Crippen molar-refractivity contribution in [3.63, 3.8) is 0 Å². The summed E-state index contributed by atoms with van der Waals surface area (Å²) in [5.41, 5.74) is 1.88. The van der Waals surface area contributed by atoms with Gasteiger partial charge in [-0.05, 0) is 55.1 Å². The van der Waals surface area contributed by atoms with Gasteiger partial charge in [0.05, 0.1) is 11.4 Å². The molecule has 27 heavy (non-hydrogen) atoms. The lowest BCUT2D eigenvalue weighted by atomic mass is 10.1. The van der Waals surface area contributed by atoms with Crippen molar-refractivity contribution in [3.8, 4) is 10.7 Å². The zero-order valence-electron chi connectivity index (χ0n) is 15.1. The number of carbonyl (C=O) groups is 1. The average molecular weight is 382 g/mol. The van der Waals surface area contributed by atoms with Gasteiger partial charge in [0.15, 0.2) is 0 Å². The minimum Gasteiger partial charge on any atom is -0.343 e. The highest BCUT2D eigenvalue weighted by molar-refractivity contribution is 7.13. The fourth-order valence-corrected chi connectivity index (χ4v) is 3.88. The minimum absolute atomic E-state index is 0.143. The van der Waals surface area contributed by atoms with Gasteiger partial charge in [0.25, 0.3) is 5.91 Å². The van der Waals surface area contributed by atoms with Crippen LogP contribution in [0.5, 0.6) is 0 Å². The number of hydrogen-bond acceptors (Lipinski definition) is 6. The van der Waals surface area contributed by atoms with E-state index in [4.69, 9.17) is 4.52 Å². The Hall–Kier alpha value is -2.51. The molecule has 0 bridgehead atoms. The summed E-state index contributed by atoms with van der Waals surface area (Å²) < 4.78 is 5.20. The van der Waals surface area contributed by atoms with Gasteiger partial charge in [0.1, 0.15) is 0 Å². The lowest BCUT2D eigenvalue weighted by Gasteiger charge is -2.26. The van der Waals surface area contributed by atoms with Gasteiger partial charge in [-0.3, -0.25) is 9.69 Å². The van der Waals surface area contributed by atoms with Crippen LogP contribution in [0.2, 0.25) is 0 Å². The van der Waals surface area contributed by atoms with Crippen molar-refractivity contribution in [1.82, 2.24) is 20.4 Å². The summed E-state index contributed by atoms with van der Waals surface area (Å²) in [7, 11) is 0. The summed E-state index contributed by atoms with van der Waals surface area (Å²) in [5, 5.41) is 8.74. The summed E-state index contributed by atoms with van der Waals surface area (Å²) in [5.74, 6) is 0.806. The fraction of sp³-hybridized carbons (Fsp3) is 0.350. The smallest absolute Gasteiger partial charge is 0.251 e. The highest BCUT2D eigenvalue weighted by Gasteiger charge is 2.13. The standard InChI is InChI=1S/C20H22N4O2S/c25-20(21-13-18-22-19(23-26-18)17-5-4-12-27-17)16-8-6-15(7-9-16)14-24-10-2-1-3-11-24/h4-9,12H,1-3,10-11,13-14H2,(H,21,25). The van der Waals surface area contributed by atoms with E-state index >= 15 is 0 Å². The predicted molar refractivity (Wildman–Crippen MR) is 104 cm³/mol. The van der Waals surface area contributed by atoms with Gasteiger partial charge < -0.3 is 9.84 Å². The van der Waals surface area contributed by atoms with Crippen molar-refractivity contribution in [2.45, 2.75) is 32.4 Å². The van der Waals surface area contributed by atoms with Crippen molar-refractivity contribution in [3.05, 3.63) is 58.8 Å². The molecule has 2 aromatic heterocycles. The number of amides is 1. The molecule has 1 N–H and O–H groups in total. The van der Waals surface area contributed by atoms with Crippen LogP contribution in [0, 0.1) is 0 Å². The lowest BCUT2D eigenvalue weighted by Crippen LogP contribution is -2.29. The van der Waals surface area contributed by atoms with Crippen molar-refractivity contribution >= 4 is 17.2 Å². The van der Waals surface area contributed by atoms with E-state index in [2.05, 4.69) is 20.4 Å². The first-order valence-electron chi connectivity index (χ1n) is 9.24. The first kappa shape index (κ1) is 17.9. The average Bonchev–Trinajstić information content (AvgIpc) is 3.39. The molecule has 0 unspecified atom stereocenters. The Bertz CT molecular complexity index is 868. The highest BCUT2D eigenvalue weighted by atomic mass is 32.1. The van der Waals surface area contributed by atoms with Gasteiger partial charge >= 0.3 is 0 Å². The summed E-state index contributed by atoms with van der Waals surface area (Å²) in [6.45, 7) is 3.50. The van der Waals surface area contributed by atoms with Crippen LogP contribution in [0.4, 0.5) is 0 Å². The molecule has 1 fully saturated rings. The van der Waals surface area contributed by atoms with E-state index in [9.17, 15) is 4.79 Å². The first-order chi connectivity index (χ1) is 13.3. The van der Waals surface area contributed by atoms with E-state index in [0.29, 0.717) is 17.3 Å². The second-order valence-electron chi connectivity index (χ2n) is 6.71. The summed E-state index contributed by atoms with van der Waals surface area (Å²) in [4.78, 5) is 20.1. The van der Waals surface area contributed by atoms with E-state index in [0.717, 1.165) is 11.4 Å². The zero-order valence-corrected chi connectivity index (χ0v) is 15.9. The number of piperidine rings is 1.